The molecule has 0 unspecified atom stereocenters. The van der Waals surface area contributed by atoms with Gasteiger partial charge in [-0.25, -0.2) is 9.89 Å². The molecule has 0 bridgehead atoms. The number of rotatable bonds is 7. The van der Waals surface area contributed by atoms with Gasteiger partial charge in [0, 0.05) is 11.8 Å². The van der Waals surface area contributed by atoms with Crippen molar-refractivity contribution in [2.45, 2.75) is 37.4 Å². The smallest absolute Gasteiger partial charge is 0.317 e. The fraction of sp³-hybridized carbons (Fsp3) is 0.800. The molecule has 2 N–H and O–H groups in total. The van der Waals surface area contributed by atoms with Crippen LogP contribution in [0.1, 0.15) is 32.2 Å². The van der Waals surface area contributed by atoms with Crippen LogP contribution in [0, 0.1) is 0 Å². The second kappa shape index (κ2) is 5.54. The van der Waals surface area contributed by atoms with Crippen LogP contribution in [0.5, 0.6) is 0 Å². The van der Waals surface area contributed by atoms with Crippen LogP contribution in [0.2, 0.25) is 0 Å². The molecule has 1 aromatic heterocycles. The molecule has 0 amide bonds. The van der Waals surface area contributed by atoms with E-state index >= 15 is 0 Å². The predicted molar refractivity (Wildman–Crippen MR) is 65.0 cm³/mol. The summed E-state index contributed by atoms with van der Waals surface area (Å²) in [5.74, 6) is 1.00. The van der Waals surface area contributed by atoms with Crippen molar-refractivity contribution >= 4 is 11.8 Å². The highest BCUT2D eigenvalue weighted by Crippen LogP contribution is 2.35. The fourth-order valence-electron chi connectivity index (χ4n) is 1.58. The lowest BCUT2D eigenvalue weighted by Gasteiger charge is -2.03. The van der Waals surface area contributed by atoms with Crippen molar-refractivity contribution in [3.05, 3.63) is 10.5 Å². The largest absolute Gasteiger partial charge is 0.344 e. The Balaban J connectivity index is 1.82. The molecule has 1 aliphatic rings. The van der Waals surface area contributed by atoms with Crippen LogP contribution >= 0.6 is 11.8 Å². The van der Waals surface area contributed by atoms with Crippen molar-refractivity contribution < 1.29 is 0 Å². The highest BCUT2D eigenvalue weighted by atomic mass is 32.2. The van der Waals surface area contributed by atoms with Gasteiger partial charge in [-0.15, -0.1) is 5.10 Å². The zero-order valence-electron chi connectivity index (χ0n) is 9.53. The molecule has 90 valence electrons. The minimum absolute atomic E-state index is 0.0586. The van der Waals surface area contributed by atoms with Gasteiger partial charge in [0.25, 0.3) is 0 Å². The Morgan fingerprint density at radius 3 is 3.12 bits per heavy atom. The third-order valence-corrected chi connectivity index (χ3v) is 3.60. The van der Waals surface area contributed by atoms with E-state index in [2.05, 4.69) is 22.4 Å². The van der Waals surface area contributed by atoms with Gasteiger partial charge < -0.3 is 5.32 Å². The minimum Gasteiger partial charge on any atom is -0.317 e. The SMILES string of the molecule is CCNCCCSc1n[nH]c(=O)n1C1CC1. The molecule has 0 saturated heterocycles. The summed E-state index contributed by atoms with van der Waals surface area (Å²) in [5.41, 5.74) is -0.0586. The summed E-state index contributed by atoms with van der Waals surface area (Å²) in [6.07, 6.45) is 3.33. The van der Waals surface area contributed by atoms with Crippen LogP contribution in [0.4, 0.5) is 0 Å². The van der Waals surface area contributed by atoms with E-state index in [0.717, 1.165) is 43.3 Å². The number of hydrogen-bond acceptors (Lipinski definition) is 4. The summed E-state index contributed by atoms with van der Waals surface area (Å²) in [6, 6.07) is 0.405. The van der Waals surface area contributed by atoms with Crippen molar-refractivity contribution in [2.75, 3.05) is 18.8 Å². The van der Waals surface area contributed by atoms with Crippen LogP contribution in [0.3, 0.4) is 0 Å². The lowest BCUT2D eigenvalue weighted by atomic mass is 10.5. The van der Waals surface area contributed by atoms with Crippen molar-refractivity contribution in [1.82, 2.24) is 20.1 Å². The Bertz CT molecular complexity index is 382. The third kappa shape index (κ3) is 2.89. The molecule has 5 nitrogen and oxygen atoms in total. The fourth-order valence-corrected chi connectivity index (χ4v) is 2.54. The molecule has 6 heteroatoms. The molecule has 0 aromatic carbocycles. The normalized spacial score (nSPS) is 15.6. The molecule has 0 radical (unpaired) electrons. The van der Waals surface area contributed by atoms with E-state index < -0.39 is 0 Å². The summed E-state index contributed by atoms with van der Waals surface area (Å²) >= 11 is 1.67. The molecule has 2 rings (SSSR count). The van der Waals surface area contributed by atoms with E-state index in [9.17, 15) is 4.79 Å². The molecule has 0 atom stereocenters. The number of nitrogens with zero attached hydrogens (tertiary/aromatic N) is 2. The van der Waals surface area contributed by atoms with Gasteiger partial charge in [-0.1, -0.05) is 18.7 Å². The summed E-state index contributed by atoms with van der Waals surface area (Å²) in [4.78, 5) is 11.5. The van der Waals surface area contributed by atoms with Gasteiger partial charge in [0.05, 0.1) is 0 Å². The quantitative estimate of drug-likeness (QED) is 0.553. The first-order valence-electron chi connectivity index (χ1n) is 5.83. The molecule has 0 spiro atoms. The first-order valence-corrected chi connectivity index (χ1v) is 6.82. The summed E-state index contributed by atoms with van der Waals surface area (Å²) in [5, 5.41) is 10.7. The summed E-state index contributed by atoms with van der Waals surface area (Å²) in [6.45, 7) is 4.15. The Labute approximate surface area is 99.0 Å². The van der Waals surface area contributed by atoms with Gasteiger partial charge in [0.2, 0.25) is 0 Å². The van der Waals surface area contributed by atoms with E-state index in [4.69, 9.17) is 0 Å². The minimum atomic E-state index is -0.0586. The van der Waals surface area contributed by atoms with Crippen LogP contribution < -0.4 is 11.0 Å². The zero-order valence-corrected chi connectivity index (χ0v) is 10.3. The van der Waals surface area contributed by atoms with Crippen LogP contribution in [0.15, 0.2) is 9.95 Å². The van der Waals surface area contributed by atoms with Gasteiger partial charge in [0.15, 0.2) is 5.16 Å². The molecular weight excluding hydrogens is 224 g/mol. The Morgan fingerprint density at radius 2 is 2.44 bits per heavy atom. The Hall–Kier alpha value is -0.750. The van der Waals surface area contributed by atoms with Gasteiger partial charge in [-0.3, -0.25) is 4.57 Å². The number of aromatic amines is 1. The topological polar surface area (TPSA) is 62.7 Å². The maximum absolute atomic E-state index is 11.5. The lowest BCUT2D eigenvalue weighted by molar-refractivity contribution is 0.641. The average molecular weight is 242 g/mol. The number of H-pyrrole nitrogens is 1. The predicted octanol–water partition coefficient (Wildman–Crippen LogP) is 0.998. The summed E-state index contributed by atoms with van der Waals surface area (Å²) in [7, 11) is 0. The van der Waals surface area contributed by atoms with E-state index in [1.54, 1.807) is 16.3 Å². The van der Waals surface area contributed by atoms with E-state index in [-0.39, 0.29) is 5.69 Å². The molecular formula is C10H18N4OS. The second-order valence-electron chi connectivity index (χ2n) is 3.97. The highest BCUT2D eigenvalue weighted by molar-refractivity contribution is 7.99. The Morgan fingerprint density at radius 1 is 1.62 bits per heavy atom. The maximum atomic E-state index is 11.5. The van der Waals surface area contributed by atoms with E-state index in [1.807, 2.05) is 0 Å². The zero-order chi connectivity index (χ0) is 11.4. The summed E-state index contributed by atoms with van der Waals surface area (Å²) < 4.78 is 1.80. The first kappa shape index (κ1) is 11.7. The number of aromatic nitrogens is 3. The van der Waals surface area contributed by atoms with Crippen LogP contribution in [0.25, 0.3) is 0 Å². The molecule has 1 saturated carbocycles. The first-order chi connectivity index (χ1) is 7.83. The lowest BCUT2D eigenvalue weighted by Crippen LogP contribution is -2.16. The van der Waals surface area contributed by atoms with Crippen LogP contribution in [-0.4, -0.2) is 33.6 Å². The van der Waals surface area contributed by atoms with Gasteiger partial charge in [-0.2, -0.15) is 0 Å². The monoisotopic (exact) mass is 242 g/mol. The molecule has 16 heavy (non-hydrogen) atoms. The second-order valence-corrected chi connectivity index (χ2v) is 5.03. The standard InChI is InChI=1S/C10H18N4OS/c1-2-11-6-3-7-16-10-13-12-9(15)14(10)8-4-5-8/h8,11H,2-7H2,1H3,(H,12,15). The highest BCUT2D eigenvalue weighted by Gasteiger charge is 2.28. The van der Waals surface area contributed by atoms with Crippen LogP contribution in [-0.2, 0) is 0 Å². The van der Waals surface area contributed by atoms with Crippen molar-refractivity contribution in [2.24, 2.45) is 0 Å². The van der Waals surface area contributed by atoms with Crippen molar-refractivity contribution in [1.29, 1.82) is 0 Å². The number of nitrogens with one attached hydrogen (secondary N) is 2. The maximum Gasteiger partial charge on any atom is 0.344 e. The van der Waals surface area contributed by atoms with E-state index in [1.165, 1.54) is 0 Å². The average Bonchev–Trinajstić information content (AvgIpc) is 3.04. The molecule has 1 aromatic rings. The molecule has 1 fully saturated rings. The number of thioether (sulfide) groups is 1. The van der Waals surface area contributed by atoms with Gasteiger partial charge in [-0.05, 0) is 32.4 Å². The van der Waals surface area contributed by atoms with E-state index in [0.29, 0.717) is 6.04 Å². The van der Waals surface area contributed by atoms with Gasteiger partial charge in [0.1, 0.15) is 0 Å². The molecule has 1 heterocycles. The third-order valence-electron chi connectivity index (χ3n) is 2.56. The Kier molecular flexibility index (Phi) is 4.06. The van der Waals surface area contributed by atoms with Crippen molar-refractivity contribution in [3.8, 4) is 0 Å². The van der Waals surface area contributed by atoms with Gasteiger partial charge >= 0.3 is 5.69 Å². The molecule has 1 aliphatic carbocycles. The van der Waals surface area contributed by atoms with Crippen molar-refractivity contribution in [3.63, 3.8) is 0 Å². The number of hydrogen-bond donors (Lipinski definition) is 2. The molecule has 0 aliphatic heterocycles.